The number of esters is 1. The van der Waals surface area contributed by atoms with Crippen molar-refractivity contribution in [2.24, 2.45) is 0 Å². The highest BCUT2D eigenvalue weighted by Gasteiger charge is 2.45. The van der Waals surface area contributed by atoms with Crippen molar-refractivity contribution in [1.82, 2.24) is 0 Å². The van der Waals surface area contributed by atoms with E-state index in [0.717, 1.165) is 6.07 Å². The van der Waals surface area contributed by atoms with Gasteiger partial charge in [0.2, 0.25) is 0 Å². The van der Waals surface area contributed by atoms with Crippen LogP contribution in [-0.4, -0.2) is 26.8 Å². The van der Waals surface area contributed by atoms with Crippen molar-refractivity contribution < 1.29 is 27.8 Å². The maximum atomic E-state index is 14.0. The summed E-state index contributed by atoms with van der Waals surface area (Å²) < 4.78 is 42.4. The first-order valence-electron chi connectivity index (χ1n) is 5.36. The van der Waals surface area contributed by atoms with Crippen molar-refractivity contribution in [1.29, 1.82) is 0 Å². The molecule has 0 unspecified atom stereocenters. The van der Waals surface area contributed by atoms with Crippen LogP contribution in [0, 0.1) is 0 Å². The smallest absolute Gasteiger partial charge is 0.382 e. The molecule has 1 rings (SSSR count). The zero-order valence-corrected chi connectivity index (χ0v) is 12.2. The third-order valence-electron chi connectivity index (χ3n) is 2.36. The standard InChI is InChI=1S/C12H13BrF2O4/c1-4-19-11(16)12(14,15)7-5-6-8(17-2)9(13)10(7)18-3/h5-6H,4H2,1-3H3. The van der Waals surface area contributed by atoms with E-state index in [0.29, 0.717) is 5.75 Å². The summed E-state index contributed by atoms with van der Waals surface area (Å²) in [5.41, 5.74) is -0.582. The third-order valence-corrected chi connectivity index (χ3v) is 3.11. The lowest BCUT2D eigenvalue weighted by molar-refractivity contribution is -0.173. The van der Waals surface area contributed by atoms with Crippen LogP contribution in [0.25, 0.3) is 0 Å². The number of benzene rings is 1. The minimum atomic E-state index is -3.80. The van der Waals surface area contributed by atoms with Crippen molar-refractivity contribution in [3.05, 3.63) is 22.2 Å². The number of carbonyl (C=O) groups excluding carboxylic acids is 1. The molecule has 0 aliphatic rings. The van der Waals surface area contributed by atoms with Gasteiger partial charge in [0.1, 0.15) is 16.0 Å². The second-order valence-corrected chi connectivity index (χ2v) is 4.25. The van der Waals surface area contributed by atoms with Crippen LogP contribution in [0.4, 0.5) is 8.78 Å². The molecule has 1 aromatic carbocycles. The molecule has 0 spiro atoms. The number of alkyl halides is 2. The topological polar surface area (TPSA) is 44.8 Å². The van der Waals surface area contributed by atoms with E-state index in [-0.39, 0.29) is 16.8 Å². The summed E-state index contributed by atoms with van der Waals surface area (Å²) in [5.74, 6) is -5.26. The Labute approximate surface area is 117 Å². The van der Waals surface area contributed by atoms with E-state index in [9.17, 15) is 13.6 Å². The maximum Gasteiger partial charge on any atom is 0.382 e. The summed E-state index contributed by atoms with van der Waals surface area (Å²) in [4.78, 5) is 11.3. The van der Waals surface area contributed by atoms with E-state index < -0.39 is 17.5 Å². The van der Waals surface area contributed by atoms with Gasteiger partial charge in [0, 0.05) is 0 Å². The molecule has 0 aromatic heterocycles. The minimum Gasteiger partial charge on any atom is -0.495 e. The van der Waals surface area contributed by atoms with Crippen molar-refractivity contribution in [3.63, 3.8) is 0 Å². The predicted molar refractivity (Wildman–Crippen MR) is 67.8 cm³/mol. The zero-order chi connectivity index (χ0) is 14.6. The molecule has 0 N–H and O–H groups in total. The first kappa shape index (κ1) is 15.7. The summed E-state index contributed by atoms with van der Waals surface area (Å²) >= 11 is 3.10. The Balaban J connectivity index is 3.34. The van der Waals surface area contributed by atoms with E-state index in [1.54, 1.807) is 0 Å². The number of halogens is 3. The highest BCUT2D eigenvalue weighted by Crippen LogP contribution is 2.44. The quantitative estimate of drug-likeness (QED) is 0.774. The highest BCUT2D eigenvalue weighted by molar-refractivity contribution is 9.10. The van der Waals surface area contributed by atoms with Gasteiger partial charge in [-0.1, -0.05) is 0 Å². The fourth-order valence-corrected chi connectivity index (χ4v) is 2.14. The lowest BCUT2D eigenvalue weighted by atomic mass is 10.1. The van der Waals surface area contributed by atoms with Gasteiger partial charge < -0.3 is 14.2 Å². The van der Waals surface area contributed by atoms with Gasteiger partial charge in [-0.3, -0.25) is 0 Å². The summed E-state index contributed by atoms with van der Waals surface area (Å²) in [6.07, 6.45) is 0. The monoisotopic (exact) mass is 338 g/mol. The molecule has 0 radical (unpaired) electrons. The Morgan fingerprint density at radius 2 is 1.95 bits per heavy atom. The fraction of sp³-hybridized carbons (Fsp3) is 0.417. The molecular formula is C12H13BrF2O4. The Kier molecular flexibility index (Phi) is 5.11. The third kappa shape index (κ3) is 2.97. The van der Waals surface area contributed by atoms with Gasteiger partial charge in [-0.15, -0.1) is 0 Å². The van der Waals surface area contributed by atoms with Crippen molar-refractivity contribution in [3.8, 4) is 11.5 Å². The van der Waals surface area contributed by atoms with Gasteiger partial charge in [0.15, 0.2) is 0 Å². The Hall–Kier alpha value is -1.37. The van der Waals surface area contributed by atoms with Crippen LogP contribution in [0.2, 0.25) is 0 Å². The summed E-state index contributed by atoms with van der Waals surface area (Å²) in [7, 11) is 2.62. The van der Waals surface area contributed by atoms with Crippen LogP contribution in [0.5, 0.6) is 11.5 Å². The molecule has 0 atom stereocenters. The molecule has 4 nitrogen and oxygen atoms in total. The number of rotatable bonds is 5. The number of hydrogen-bond donors (Lipinski definition) is 0. The normalized spacial score (nSPS) is 11.1. The second-order valence-electron chi connectivity index (χ2n) is 3.46. The molecule has 7 heteroatoms. The lowest BCUT2D eigenvalue weighted by Gasteiger charge is -2.19. The Morgan fingerprint density at radius 3 is 2.42 bits per heavy atom. The fourth-order valence-electron chi connectivity index (χ4n) is 1.47. The van der Waals surface area contributed by atoms with E-state index in [4.69, 9.17) is 9.47 Å². The molecule has 0 saturated heterocycles. The van der Waals surface area contributed by atoms with Crippen LogP contribution >= 0.6 is 15.9 Å². The zero-order valence-electron chi connectivity index (χ0n) is 10.6. The lowest BCUT2D eigenvalue weighted by Crippen LogP contribution is -2.29. The molecule has 0 heterocycles. The van der Waals surface area contributed by atoms with Gasteiger partial charge in [-0.25, -0.2) is 4.79 Å². The predicted octanol–water partition coefficient (Wildman–Crippen LogP) is 3.12. The molecule has 0 saturated carbocycles. The average Bonchev–Trinajstić information content (AvgIpc) is 2.38. The SMILES string of the molecule is CCOC(=O)C(F)(F)c1ccc(OC)c(Br)c1OC. The molecule has 0 fully saturated rings. The highest BCUT2D eigenvalue weighted by atomic mass is 79.9. The molecule has 1 aromatic rings. The molecular weight excluding hydrogens is 326 g/mol. The first-order valence-corrected chi connectivity index (χ1v) is 6.15. The van der Waals surface area contributed by atoms with Gasteiger partial charge in [-0.2, -0.15) is 8.78 Å². The van der Waals surface area contributed by atoms with Crippen LogP contribution in [-0.2, 0) is 15.5 Å². The minimum absolute atomic E-state index is 0.131. The number of hydrogen-bond acceptors (Lipinski definition) is 4. The van der Waals surface area contributed by atoms with Crippen molar-refractivity contribution >= 4 is 21.9 Å². The Morgan fingerprint density at radius 1 is 1.32 bits per heavy atom. The van der Waals surface area contributed by atoms with E-state index in [1.165, 1.54) is 27.2 Å². The summed E-state index contributed by atoms with van der Waals surface area (Å²) in [5, 5.41) is 0. The summed E-state index contributed by atoms with van der Waals surface area (Å²) in [6, 6.07) is 2.38. The Bertz CT molecular complexity index is 477. The number of methoxy groups -OCH3 is 2. The molecule has 0 aliphatic carbocycles. The van der Waals surface area contributed by atoms with Gasteiger partial charge in [0.05, 0.1) is 26.4 Å². The number of ether oxygens (including phenoxy) is 3. The van der Waals surface area contributed by atoms with Crippen molar-refractivity contribution in [2.45, 2.75) is 12.8 Å². The van der Waals surface area contributed by atoms with Crippen LogP contribution in [0.3, 0.4) is 0 Å². The van der Waals surface area contributed by atoms with Gasteiger partial charge in [-0.05, 0) is 35.0 Å². The van der Waals surface area contributed by atoms with E-state index >= 15 is 0 Å². The van der Waals surface area contributed by atoms with Crippen LogP contribution in [0.15, 0.2) is 16.6 Å². The van der Waals surface area contributed by atoms with Gasteiger partial charge in [0.25, 0.3) is 0 Å². The van der Waals surface area contributed by atoms with E-state index in [2.05, 4.69) is 20.7 Å². The first-order chi connectivity index (χ1) is 8.89. The largest absolute Gasteiger partial charge is 0.495 e. The summed E-state index contributed by atoms with van der Waals surface area (Å²) in [6.45, 7) is 1.32. The molecule has 106 valence electrons. The van der Waals surface area contributed by atoms with Crippen LogP contribution < -0.4 is 9.47 Å². The molecule has 0 aliphatic heterocycles. The van der Waals surface area contributed by atoms with Gasteiger partial charge >= 0.3 is 11.9 Å². The second kappa shape index (κ2) is 6.18. The van der Waals surface area contributed by atoms with E-state index in [1.807, 2.05) is 0 Å². The van der Waals surface area contributed by atoms with Crippen LogP contribution in [0.1, 0.15) is 12.5 Å². The maximum absolute atomic E-state index is 14.0. The molecule has 0 bridgehead atoms. The molecule has 19 heavy (non-hydrogen) atoms. The average molecular weight is 339 g/mol. The van der Waals surface area contributed by atoms with Crippen molar-refractivity contribution in [2.75, 3.05) is 20.8 Å². The number of carbonyl (C=O) groups is 1. The molecule has 0 amide bonds.